The van der Waals surface area contributed by atoms with E-state index in [1.54, 1.807) is 7.11 Å². The number of benzene rings is 1. The van der Waals surface area contributed by atoms with Crippen LogP contribution < -0.4 is 4.74 Å². The molecule has 0 aliphatic heterocycles. The van der Waals surface area contributed by atoms with E-state index in [0.29, 0.717) is 12.2 Å². The van der Waals surface area contributed by atoms with Crippen molar-refractivity contribution < 1.29 is 9.84 Å². The van der Waals surface area contributed by atoms with Gasteiger partial charge in [-0.05, 0) is 32.4 Å². The Hall–Kier alpha value is -1.88. The molecule has 0 radical (unpaired) electrons. The average Bonchev–Trinajstić information content (AvgIpc) is 2.86. The topological polar surface area (TPSA) is 60.2 Å². The van der Waals surface area contributed by atoms with Crippen LogP contribution in [0.5, 0.6) is 5.75 Å². The molecule has 20 heavy (non-hydrogen) atoms. The zero-order valence-corrected chi connectivity index (χ0v) is 12.4. The van der Waals surface area contributed by atoms with Crippen LogP contribution in [0.1, 0.15) is 42.9 Å². The quantitative estimate of drug-likeness (QED) is 0.910. The molecule has 2 rings (SSSR count). The predicted molar refractivity (Wildman–Crippen MR) is 76.8 cm³/mol. The number of hydrogen-bond acceptors (Lipinski definition) is 4. The number of aromatic nitrogens is 3. The number of nitrogens with zero attached hydrogens (tertiary/aromatic N) is 3. The number of rotatable bonds is 5. The van der Waals surface area contributed by atoms with Gasteiger partial charge in [-0.2, -0.15) is 5.10 Å². The molecule has 2 aromatic rings. The van der Waals surface area contributed by atoms with Gasteiger partial charge in [0.05, 0.1) is 13.2 Å². The molecule has 0 aliphatic carbocycles. The molecule has 0 fully saturated rings. The number of aliphatic hydroxyl groups excluding tert-OH is 1. The maximum Gasteiger partial charge on any atom is 0.138 e. The third kappa shape index (κ3) is 2.99. The maximum atomic E-state index is 10.4. The fourth-order valence-corrected chi connectivity index (χ4v) is 2.23. The smallest absolute Gasteiger partial charge is 0.138 e. The monoisotopic (exact) mass is 275 g/mol. The lowest BCUT2D eigenvalue weighted by molar-refractivity contribution is 0.169. The summed E-state index contributed by atoms with van der Waals surface area (Å²) < 4.78 is 7.16. The highest BCUT2D eigenvalue weighted by molar-refractivity contribution is 5.38. The van der Waals surface area contributed by atoms with Crippen molar-refractivity contribution in [2.45, 2.75) is 39.3 Å². The molecule has 1 atom stereocenters. The minimum absolute atomic E-state index is 0.222. The lowest BCUT2D eigenvalue weighted by Crippen LogP contribution is -2.12. The van der Waals surface area contributed by atoms with E-state index in [1.807, 2.05) is 43.7 Å². The molecule has 1 N–H and O–H groups in total. The summed E-state index contributed by atoms with van der Waals surface area (Å²) in [6.45, 7) is 6.07. The Morgan fingerprint density at radius 2 is 2.10 bits per heavy atom. The molecule has 5 nitrogen and oxygen atoms in total. The molecule has 1 aromatic heterocycles. The number of methoxy groups -OCH3 is 1. The van der Waals surface area contributed by atoms with E-state index in [1.165, 1.54) is 6.33 Å². The van der Waals surface area contributed by atoms with Crippen molar-refractivity contribution in [2.24, 2.45) is 0 Å². The van der Waals surface area contributed by atoms with Gasteiger partial charge in [-0.1, -0.05) is 12.1 Å². The first-order valence-corrected chi connectivity index (χ1v) is 6.74. The van der Waals surface area contributed by atoms with E-state index < -0.39 is 6.10 Å². The van der Waals surface area contributed by atoms with E-state index in [-0.39, 0.29) is 6.04 Å². The molecule has 0 saturated heterocycles. The van der Waals surface area contributed by atoms with E-state index in [4.69, 9.17) is 4.74 Å². The Balaban J connectivity index is 2.24. The number of aryl methyl sites for hydroxylation is 1. The predicted octanol–water partition coefficient (Wildman–Crippen LogP) is 2.45. The van der Waals surface area contributed by atoms with Gasteiger partial charge in [-0.15, -0.1) is 0 Å². The zero-order chi connectivity index (χ0) is 14.7. The van der Waals surface area contributed by atoms with Crippen molar-refractivity contribution in [2.75, 3.05) is 7.11 Å². The van der Waals surface area contributed by atoms with Crippen LogP contribution >= 0.6 is 0 Å². The molecule has 108 valence electrons. The standard InChI is InChI=1S/C15H21N3O2/c1-10(2)18-15(16-9-17-18)8-13(19)12-6-5-11(3)7-14(12)20-4/h5-7,9-10,13,19H,8H2,1-4H3. The second kappa shape index (κ2) is 6.05. The Morgan fingerprint density at radius 1 is 1.35 bits per heavy atom. The minimum Gasteiger partial charge on any atom is -0.496 e. The average molecular weight is 275 g/mol. The Kier molecular flexibility index (Phi) is 4.39. The van der Waals surface area contributed by atoms with Gasteiger partial charge >= 0.3 is 0 Å². The first-order chi connectivity index (χ1) is 9.52. The molecular formula is C15H21N3O2. The summed E-state index contributed by atoms with van der Waals surface area (Å²) in [5.41, 5.74) is 1.87. The fraction of sp³-hybridized carbons (Fsp3) is 0.467. The van der Waals surface area contributed by atoms with Gasteiger partial charge in [-0.25, -0.2) is 9.67 Å². The molecule has 0 aliphatic rings. The molecular weight excluding hydrogens is 254 g/mol. The van der Waals surface area contributed by atoms with Gasteiger partial charge in [0.2, 0.25) is 0 Å². The summed E-state index contributed by atoms with van der Waals surface area (Å²) in [5.74, 6) is 1.48. The second-order valence-electron chi connectivity index (χ2n) is 5.18. The first kappa shape index (κ1) is 14.5. The van der Waals surface area contributed by atoms with Crippen molar-refractivity contribution in [3.63, 3.8) is 0 Å². The maximum absolute atomic E-state index is 10.4. The molecule has 1 aromatic carbocycles. The molecule has 0 saturated carbocycles. The van der Waals surface area contributed by atoms with Crippen molar-refractivity contribution in [1.82, 2.24) is 14.8 Å². The minimum atomic E-state index is -0.660. The van der Waals surface area contributed by atoms with Crippen LogP contribution in [-0.4, -0.2) is 27.0 Å². The summed E-state index contributed by atoms with van der Waals surface area (Å²) in [6.07, 6.45) is 1.28. The highest BCUT2D eigenvalue weighted by Crippen LogP contribution is 2.28. The number of hydrogen-bond donors (Lipinski definition) is 1. The normalized spacial score (nSPS) is 12.7. The molecule has 1 unspecified atom stereocenters. The van der Waals surface area contributed by atoms with Crippen LogP contribution in [0.25, 0.3) is 0 Å². The largest absolute Gasteiger partial charge is 0.496 e. The molecule has 5 heteroatoms. The Labute approximate surface area is 119 Å². The lowest BCUT2D eigenvalue weighted by atomic mass is 10.0. The van der Waals surface area contributed by atoms with Gasteiger partial charge in [0.15, 0.2) is 0 Å². The molecule has 0 spiro atoms. The van der Waals surface area contributed by atoms with Gasteiger partial charge in [0.25, 0.3) is 0 Å². The Morgan fingerprint density at radius 3 is 2.75 bits per heavy atom. The molecule has 1 heterocycles. The van der Waals surface area contributed by atoms with E-state index in [0.717, 1.165) is 17.0 Å². The van der Waals surface area contributed by atoms with Crippen molar-refractivity contribution in [3.05, 3.63) is 41.5 Å². The lowest BCUT2D eigenvalue weighted by Gasteiger charge is -2.16. The highest BCUT2D eigenvalue weighted by Gasteiger charge is 2.18. The van der Waals surface area contributed by atoms with Crippen LogP contribution in [0, 0.1) is 6.92 Å². The van der Waals surface area contributed by atoms with E-state index >= 15 is 0 Å². The Bertz CT molecular complexity index is 578. The molecule has 0 bridgehead atoms. The summed E-state index contributed by atoms with van der Waals surface area (Å²) in [5, 5.41) is 14.6. The SMILES string of the molecule is COc1cc(C)ccc1C(O)Cc1ncnn1C(C)C. The zero-order valence-electron chi connectivity index (χ0n) is 12.4. The van der Waals surface area contributed by atoms with Crippen molar-refractivity contribution in [1.29, 1.82) is 0 Å². The summed E-state index contributed by atoms with van der Waals surface area (Å²) >= 11 is 0. The van der Waals surface area contributed by atoms with Gasteiger partial charge in [0, 0.05) is 18.0 Å². The van der Waals surface area contributed by atoms with Crippen LogP contribution in [-0.2, 0) is 6.42 Å². The second-order valence-corrected chi connectivity index (χ2v) is 5.18. The summed E-state index contributed by atoms with van der Waals surface area (Å²) in [4.78, 5) is 4.23. The van der Waals surface area contributed by atoms with Crippen LogP contribution in [0.15, 0.2) is 24.5 Å². The third-order valence-corrected chi connectivity index (χ3v) is 3.26. The van der Waals surface area contributed by atoms with Crippen LogP contribution in [0.3, 0.4) is 0 Å². The molecule has 0 amide bonds. The van der Waals surface area contributed by atoms with Gasteiger partial charge < -0.3 is 9.84 Å². The van der Waals surface area contributed by atoms with Crippen molar-refractivity contribution >= 4 is 0 Å². The fourth-order valence-electron chi connectivity index (χ4n) is 2.23. The van der Waals surface area contributed by atoms with E-state index in [2.05, 4.69) is 10.1 Å². The number of ether oxygens (including phenoxy) is 1. The first-order valence-electron chi connectivity index (χ1n) is 6.74. The summed E-state index contributed by atoms with van der Waals surface area (Å²) in [7, 11) is 1.61. The van der Waals surface area contributed by atoms with Crippen molar-refractivity contribution in [3.8, 4) is 5.75 Å². The van der Waals surface area contributed by atoms with Crippen LogP contribution in [0.4, 0.5) is 0 Å². The van der Waals surface area contributed by atoms with Gasteiger partial charge in [0.1, 0.15) is 17.9 Å². The number of aliphatic hydroxyl groups is 1. The van der Waals surface area contributed by atoms with Gasteiger partial charge in [-0.3, -0.25) is 0 Å². The highest BCUT2D eigenvalue weighted by atomic mass is 16.5. The third-order valence-electron chi connectivity index (χ3n) is 3.26. The van der Waals surface area contributed by atoms with Crippen LogP contribution in [0.2, 0.25) is 0 Å². The summed E-state index contributed by atoms with van der Waals surface area (Å²) in [6, 6.07) is 6.01. The van der Waals surface area contributed by atoms with E-state index in [9.17, 15) is 5.11 Å².